The molecule has 0 aliphatic heterocycles. The summed E-state index contributed by atoms with van der Waals surface area (Å²) in [4.78, 5) is -0.285. The van der Waals surface area contributed by atoms with Crippen LogP contribution in [0.5, 0.6) is 0 Å². The third-order valence-corrected chi connectivity index (χ3v) is 6.38. The summed E-state index contributed by atoms with van der Waals surface area (Å²) in [5, 5.41) is 10.3. The minimum atomic E-state index is -0.759. The molecule has 0 spiro atoms. The lowest BCUT2D eigenvalue weighted by molar-refractivity contribution is 0.304. The Morgan fingerprint density at radius 1 is 0.966 bits per heavy atom. The van der Waals surface area contributed by atoms with E-state index < -0.39 is 11.6 Å². The van der Waals surface area contributed by atoms with Gasteiger partial charge in [0.1, 0.15) is 17.0 Å². The molecule has 2 aromatic carbocycles. The number of nitrogens with zero attached hydrogens (tertiary/aromatic N) is 1. The molecule has 0 heterocycles. The molecule has 3 rings (SSSR count). The molecule has 0 radical (unpaired) electrons. The van der Waals surface area contributed by atoms with Gasteiger partial charge in [-0.2, -0.15) is 5.26 Å². The van der Waals surface area contributed by atoms with E-state index in [4.69, 9.17) is 5.26 Å². The first-order chi connectivity index (χ1) is 14.1. The molecule has 29 heavy (non-hydrogen) atoms. The first-order valence-corrected chi connectivity index (χ1v) is 11.1. The summed E-state index contributed by atoms with van der Waals surface area (Å²) in [6, 6.07) is 10.6. The molecule has 0 unspecified atom stereocenters. The van der Waals surface area contributed by atoms with Crippen molar-refractivity contribution in [1.29, 1.82) is 5.26 Å². The van der Waals surface area contributed by atoms with Gasteiger partial charge in [-0.15, -0.1) is 0 Å². The summed E-state index contributed by atoms with van der Waals surface area (Å²) in [7, 11) is 0. The Labute approximate surface area is 176 Å². The molecule has 0 aromatic heterocycles. The van der Waals surface area contributed by atoms with E-state index in [9.17, 15) is 8.78 Å². The van der Waals surface area contributed by atoms with Crippen molar-refractivity contribution >= 4 is 11.8 Å². The molecule has 1 aliphatic carbocycles. The van der Waals surface area contributed by atoms with Gasteiger partial charge >= 0.3 is 0 Å². The quantitative estimate of drug-likeness (QED) is 0.292. The molecule has 2 aromatic rings. The lowest BCUT2D eigenvalue weighted by Crippen LogP contribution is -2.13. The van der Waals surface area contributed by atoms with E-state index in [0.717, 1.165) is 11.5 Å². The van der Waals surface area contributed by atoms with E-state index >= 15 is 0 Å². The largest absolute Gasteiger partial charge is 0.206 e. The van der Waals surface area contributed by atoms with Crippen molar-refractivity contribution in [3.63, 3.8) is 0 Å². The van der Waals surface area contributed by atoms with E-state index in [0.29, 0.717) is 17.7 Å². The Bertz CT molecular complexity index is 903. The van der Waals surface area contributed by atoms with Crippen molar-refractivity contribution in [1.82, 2.24) is 0 Å². The number of benzene rings is 2. The Morgan fingerprint density at radius 3 is 2.17 bits per heavy atom. The third-order valence-electron chi connectivity index (χ3n) is 5.69. The summed E-state index contributed by atoms with van der Waals surface area (Å²) < 4.78 is 27.8. The number of hydrogen-bond acceptors (Lipinski definition) is 2. The number of halogens is 2. The van der Waals surface area contributed by atoms with E-state index in [-0.39, 0.29) is 10.5 Å². The van der Waals surface area contributed by atoms with Gasteiger partial charge in [-0.3, -0.25) is 0 Å². The first kappa shape index (κ1) is 21.4. The molecule has 150 valence electrons. The Kier molecular flexibility index (Phi) is 7.73. The Morgan fingerprint density at radius 2 is 1.59 bits per heavy atom. The highest BCUT2D eigenvalue weighted by molar-refractivity contribution is 8.03. The van der Waals surface area contributed by atoms with Crippen LogP contribution in [0.2, 0.25) is 0 Å². The zero-order valence-corrected chi connectivity index (χ0v) is 17.5. The molecule has 1 saturated carbocycles. The molecular weight excluding hydrogens is 384 g/mol. The fraction of sp³-hybridized carbons (Fsp3) is 0.400. The molecule has 0 bridgehead atoms. The van der Waals surface area contributed by atoms with Gasteiger partial charge in [-0.1, -0.05) is 50.2 Å². The third kappa shape index (κ3) is 5.84. The van der Waals surface area contributed by atoms with Crippen LogP contribution in [0, 0.1) is 40.1 Å². The van der Waals surface area contributed by atoms with Crippen LogP contribution in [-0.4, -0.2) is 0 Å². The van der Waals surface area contributed by atoms with Gasteiger partial charge in [0, 0.05) is 11.1 Å². The van der Waals surface area contributed by atoms with Crippen molar-refractivity contribution in [2.45, 2.75) is 62.7 Å². The van der Waals surface area contributed by atoms with Crippen molar-refractivity contribution < 1.29 is 8.78 Å². The SMILES string of the molecule is CCCCC1CCC(c2ccc(C#Cc3cc(F)c(SC#N)c(F)c3)cc2)CC1. The van der Waals surface area contributed by atoms with Gasteiger partial charge in [0.05, 0.1) is 4.90 Å². The van der Waals surface area contributed by atoms with Crippen LogP contribution in [0.3, 0.4) is 0 Å². The van der Waals surface area contributed by atoms with Gasteiger partial charge in [-0.25, -0.2) is 8.78 Å². The topological polar surface area (TPSA) is 23.8 Å². The van der Waals surface area contributed by atoms with Crippen LogP contribution in [0.15, 0.2) is 41.3 Å². The van der Waals surface area contributed by atoms with Crippen LogP contribution < -0.4 is 0 Å². The van der Waals surface area contributed by atoms with Crippen LogP contribution in [0.4, 0.5) is 8.78 Å². The zero-order chi connectivity index (χ0) is 20.6. The normalized spacial score (nSPS) is 18.6. The standard InChI is InChI=1S/C25H25F2NS/c1-2-3-4-18-7-11-21(12-8-18)22-13-9-19(10-14-22)5-6-20-15-23(26)25(29-17-28)24(27)16-20/h9-10,13-16,18,21H,2-4,7-8,11-12H2,1H3. The second kappa shape index (κ2) is 10.5. The maximum absolute atomic E-state index is 13.9. The summed E-state index contributed by atoms with van der Waals surface area (Å²) in [5.74, 6) is 5.80. The van der Waals surface area contributed by atoms with Crippen molar-refractivity contribution in [3.05, 3.63) is 64.7 Å². The maximum atomic E-state index is 13.9. The van der Waals surface area contributed by atoms with E-state index in [1.165, 1.54) is 62.6 Å². The molecule has 1 aliphatic rings. The fourth-order valence-electron chi connectivity index (χ4n) is 4.04. The lowest BCUT2D eigenvalue weighted by atomic mass is 9.77. The van der Waals surface area contributed by atoms with Crippen LogP contribution in [0.25, 0.3) is 0 Å². The number of hydrogen-bond donors (Lipinski definition) is 0. The number of thioether (sulfide) groups is 1. The highest BCUT2D eigenvalue weighted by atomic mass is 32.2. The monoisotopic (exact) mass is 409 g/mol. The Hall–Kier alpha value is -2.30. The number of thiocyanates is 1. The molecule has 0 N–H and O–H groups in total. The maximum Gasteiger partial charge on any atom is 0.142 e. The summed E-state index contributed by atoms with van der Waals surface area (Å²) >= 11 is 0.478. The predicted molar refractivity (Wildman–Crippen MR) is 114 cm³/mol. The summed E-state index contributed by atoms with van der Waals surface area (Å²) in [6.07, 6.45) is 9.15. The van der Waals surface area contributed by atoms with Crippen LogP contribution >= 0.6 is 11.8 Å². The van der Waals surface area contributed by atoms with Crippen LogP contribution in [-0.2, 0) is 0 Å². The Balaban J connectivity index is 1.63. The van der Waals surface area contributed by atoms with Crippen molar-refractivity contribution in [3.8, 4) is 17.2 Å². The molecule has 0 saturated heterocycles. The lowest BCUT2D eigenvalue weighted by Gasteiger charge is -2.28. The average molecular weight is 410 g/mol. The molecule has 4 heteroatoms. The van der Waals surface area contributed by atoms with E-state index in [1.54, 1.807) is 5.40 Å². The molecule has 1 fully saturated rings. The molecular formula is C25H25F2NS. The van der Waals surface area contributed by atoms with Gasteiger partial charge < -0.3 is 0 Å². The predicted octanol–water partition coefficient (Wildman–Crippen LogP) is 7.40. The second-order valence-corrected chi connectivity index (χ2v) is 8.49. The van der Waals surface area contributed by atoms with Crippen molar-refractivity contribution in [2.24, 2.45) is 5.92 Å². The smallest absolute Gasteiger partial charge is 0.142 e. The average Bonchev–Trinajstić information content (AvgIpc) is 2.74. The summed E-state index contributed by atoms with van der Waals surface area (Å²) in [6.45, 7) is 2.26. The number of unbranched alkanes of at least 4 members (excludes halogenated alkanes) is 1. The number of nitriles is 1. The highest BCUT2D eigenvalue weighted by Crippen LogP contribution is 2.37. The minimum absolute atomic E-state index is 0.261. The zero-order valence-electron chi connectivity index (χ0n) is 16.7. The fourth-order valence-corrected chi connectivity index (χ4v) is 4.44. The van der Waals surface area contributed by atoms with Gasteiger partial charge in [0.25, 0.3) is 0 Å². The van der Waals surface area contributed by atoms with Crippen LogP contribution in [0.1, 0.15) is 74.5 Å². The molecule has 1 nitrogen and oxygen atoms in total. The first-order valence-electron chi connectivity index (χ1n) is 10.3. The van der Waals surface area contributed by atoms with E-state index in [1.807, 2.05) is 12.1 Å². The molecule has 0 atom stereocenters. The van der Waals surface area contributed by atoms with Gasteiger partial charge in [0.15, 0.2) is 0 Å². The highest BCUT2D eigenvalue weighted by Gasteiger charge is 2.21. The van der Waals surface area contributed by atoms with Crippen molar-refractivity contribution in [2.75, 3.05) is 0 Å². The molecule has 0 amide bonds. The van der Waals surface area contributed by atoms with E-state index in [2.05, 4.69) is 30.9 Å². The summed E-state index contributed by atoms with van der Waals surface area (Å²) in [5.41, 5.74) is 2.44. The number of rotatable bonds is 5. The van der Waals surface area contributed by atoms with Gasteiger partial charge in [-0.05, 0) is 79.1 Å². The second-order valence-electron chi connectivity index (χ2n) is 7.69. The van der Waals surface area contributed by atoms with Gasteiger partial charge in [0.2, 0.25) is 0 Å². The minimum Gasteiger partial charge on any atom is -0.206 e.